The van der Waals surface area contributed by atoms with Gasteiger partial charge in [0.1, 0.15) is 11.6 Å². The van der Waals surface area contributed by atoms with Gasteiger partial charge in [0, 0.05) is 11.9 Å². The summed E-state index contributed by atoms with van der Waals surface area (Å²) >= 11 is 7.34. The molecule has 168 valence electrons. The van der Waals surface area contributed by atoms with Crippen LogP contribution in [0.3, 0.4) is 0 Å². The molecule has 0 spiro atoms. The molecule has 0 saturated carbocycles. The van der Waals surface area contributed by atoms with Gasteiger partial charge in [0.05, 0.1) is 28.3 Å². The molecule has 2 heterocycles. The molecule has 1 unspecified atom stereocenters. The van der Waals surface area contributed by atoms with Crippen LogP contribution < -0.4 is 15.6 Å². The summed E-state index contributed by atoms with van der Waals surface area (Å²) in [6.45, 7) is 3.67. The van der Waals surface area contributed by atoms with Gasteiger partial charge in [-0.15, -0.1) is 0 Å². The largest absolute Gasteiger partial charge is 0.495 e. The lowest BCUT2D eigenvalue weighted by Gasteiger charge is -2.16. The lowest BCUT2D eigenvalue weighted by Crippen LogP contribution is -2.26. The fourth-order valence-corrected chi connectivity index (χ4v) is 4.36. The van der Waals surface area contributed by atoms with Crippen molar-refractivity contribution in [1.82, 2.24) is 14.5 Å². The van der Waals surface area contributed by atoms with Gasteiger partial charge < -0.3 is 10.1 Å². The number of fused-ring (bicyclic) bond motifs is 1. The van der Waals surface area contributed by atoms with Gasteiger partial charge >= 0.3 is 0 Å². The average Bonchev–Trinajstić information content (AvgIpc) is 2.80. The summed E-state index contributed by atoms with van der Waals surface area (Å²) in [5.74, 6) is 0.708. The molecule has 2 aromatic heterocycles. The second-order valence-electron chi connectivity index (χ2n) is 7.34. The molecule has 1 amide bonds. The van der Waals surface area contributed by atoms with E-state index >= 15 is 0 Å². The van der Waals surface area contributed by atoms with Crippen molar-refractivity contribution >= 4 is 45.9 Å². The van der Waals surface area contributed by atoms with Crippen molar-refractivity contribution in [2.45, 2.75) is 24.3 Å². The number of benzene rings is 2. The van der Waals surface area contributed by atoms with Crippen LogP contribution in [0.15, 0.2) is 70.7 Å². The lowest BCUT2D eigenvalue weighted by atomic mass is 10.2. The molecule has 2 aromatic carbocycles. The number of aromatic nitrogens is 3. The van der Waals surface area contributed by atoms with E-state index in [9.17, 15) is 9.59 Å². The molecule has 0 aliphatic rings. The normalized spacial score (nSPS) is 11.9. The van der Waals surface area contributed by atoms with E-state index in [2.05, 4.69) is 15.3 Å². The van der Waals surface area contributed by atoms with Gasteiger partial charge in [0.2, 0.25) is 5.91 Å². The number of thioether (sulfide) groups is 1. The Morgan fingerprint density at radius 3 is 2.67 bits per heavy atom. The number of halogens is 1. The third kappa shape index (κ3) is 4.86. The number of methoxy groups -OCH3 is 1. The number of carbonyl (C=O) groups excluding carboxylic acids is 1. The van der Waals surface area contributed by atoms with Crippen LogP contribution in [0.1, 0.15) is 12.5 Å². The second kappa shape index (κ2) is 9.64. The maximum absolute atomic E-state index is 13.3. The van der Waals surface area contributed by atoms with Crippen molar-refractivity contribution in [3.8, 4) is 11.6 Å². The highest BCUT2D eigenvalue weighted by Gasteiger charge is 2.21. The summed E-state index contributed by atoms with van der Waals surface area (Å²) in [5, 5.41) is 3.54. The SMILES string of the molecule is COc1ccc(NC(=O)C(C)Sc2nc3ccccc3c(=O)n2-c2ccc(C)cn2)cc1Cl. The molecule has 0 saturated heterocycles. The standard InChI is InChI=1S/C24H21ClN4O3S/c1-14-8-11-21(26-13-14)29-23(31)17-6-4-5-7-19(17)28-24(29)33-15(2)22(30)27-16-9-10-20(32-3)18(25)12-16/h4-13,15H,1-3H3,(H,27,30). The Kier molecular flexibility index (Phi) is 6.67. The van der Waals surface area contributed by atoms with E-state index in [1.807, 2.05) is 19.1 Å². The molecular formula is C24H21ClN4O3S. The number of carbonyl (C=O) groups is 1. The fourth-order valence-electron chi connectivity index (χ4n) is 3.19. The molecule has 7 nitrogen and oxygen atoms in total. The van der Waals surface area contributed by atoms with E-state index in [4.69, 9.17) is 16.3 Å². The third-order valence-electron chi connectivity index (χ3n) is 4.94. The van der Waals surface area contributed by atoms with Crippen LogP contribution in [0.2, 0.25) is 5.02 Å². The topological polar surface area (TPSA) is 86.1 Å². The molecule has 0 aliphatic heterocycles. The van der Waals surface area contributed by atoms with Crippen LogP contribution >= 0.6 is 23.4 Å². The molecule has 0 fully saturated rings. The maximum atomic E-state index is 13.3. The number of hydrogen-bond acceptors (Lipinski definition) is 6. The van der Waals surface area contributed by atoms with Crippen LogP contribution in [0.5, 0.6) is 5.75 Å². The van der Waals surface area contributed by atoms with Gasteiger partial charge in [-0.2, -0.15) is 0 Å². The summed E-state index contributed by atoms with van der Waals surface area (Å²) in [6.07, 6.45) is 1.69. The van der Waals surface area contributed by atoms with E-state index in [-0.39, 0.29) is 11.5 Å². The first kappa shape index (κ1) is 22.8. The summed E-state index contributed by atoms with van der Waals surface area (Å²) in [4.78, 5) is 35.3. The smallest absolute Gasteiger partial charge is 0.267 e. The van der Waals surface area contributed by atoms with Gasteiger partial charge in [-0.25, -0.2) is 14.5 Å². The molecule has 33 heavy (non-hydrogen) atoms. The van der Waals surface area contributed by atoms with Crippen LogP contribution in [-0.2, 0) is 4.79 Å². The first-order valence-corrected chi connectivity index (χ1v) is 11.4. The molecule has 1 N–H and O–H groups in total. The second-order valence-corrected chi connectivity index (χ2v) is 9.06. The number of anilines is 1. The van der Waals surface area contributed by atoms with Crippen molar-refractivity contribution in [2.75, 3.05) is 12.4 Å². The molecule has 4 rings (SSSR count). The van der Waals surface area contributed by atoms with Gasteiger partial charge in [-0.3, -0.25) is 9.59 Å². The Bertz CT molecular complexity index is 1390. The van der Waals surface area contributed by atoms with Gasteiger partial charge in [0.25, 0.3) is 5.56 Å². The van der Waals surface area contributed by atoms with E-state index in [0.29, 0.717) is 38.3 Å². The van der Waals surface area contributed by atoms with E-state index < -0.39 is 5.25 Å². The Morgan fingerprint density at radius 2 is 1.97 bits per heavy atom. The van der Waals surface area contributed by atoms with Gasteiger partial charge in [-0.05, 0) is 55.8 Å². The van der Waals surface area contributed by atoms with E-state index in [0.717, 1.165) is 5.56 Å². The number of hydrogen-bond donors (Lipinski definition) is 1. The zero-order chi connectivity index (χ0) is 23.5. The predicted molar refractivity (Wildman–Crippen MR) is 132 cm³/mol. The number of nitrogens with zero attached hydrogens (tertiary/aromatic N) is 3. The van der Waals surface area contributed by atoms with Crippen LogP contribution in [0.4, 0.5) is 5.69 Å². The number of ether oxygens (including phenoxy) is 1. The lowest BCUT2D eigenvalue weighted by molar-refractivity contribution is -0.115. The van der Waals surface area contributed by atoms with Crippen molar-refractivity contribution in [3.63, 3.8) is 0 Å². The molecule has 0 bridgehead atoms. The minimum atomic E-state index is -0.560. The van der Waals surface area contributed by atoms with Crippen LogP contribution in [0, 0.1) is 6.92 Å². The highest BCUT2D eigenvalue weighted by molar-refractivity contribution is 8.00. The van der Waals surface area contributed by atoms with Crippen LogP contribution in [-0.4, -0.2) is 32.8 Å². The highest BCUT2D eigenvalue weighted by atomic mass is 35.5. The van der Waals surface area contributed by atoms with E-state index in [1.165, 1.54) is 23.4 Å². The minimum absolute atomic E-state index is 0.242. The quantitative estimate of drug-likeness (QED) is 0.313. The number of pyridine rings is 1. The Labute approximate surface area is 199 Å². The van der Waals surface area contributed by atoms with E-state index in [1.54, 1.807) is 55.6 Å². The molecule has 0 aliphatic carbocycles. The van der Waals surface area contributed by atoms with Crippen molar-refractivity contribution < 1.29 is 9.53 Å². The average molecular weight is 481 g/mol. The zero-order valence-electron chi connectivity index (χ0n) is 18.2. The Balaban J connectivity index is 1.67. The summed E-state index contributed by atoms with van der Waals surface area (Å²) in [6, 6.07) is 15.8. The molecule has 0 radical (unpaired) electrons. The highest BCUT2D eigenvalue weighted by Crippen LogP contribution is 2.29. The van der Waals surface area contributed by atoms with Crippen LogP contribution in [0.25, 0.3) is 16.7 Å². The predicted octanol–water partition coefficient (Wildman–Crippen LogP) is 4.87. The van der Waals surface area contributed by atoms with Gasteiger partial charge in [-0.1, -0.05) is 41.6 Å². The fraction of sp³-hybridized carbons (Fsp3) is 0.167. The Hall–Kier alpha value is -3.36. The number of nitrogens with one attached hydrogen (secondary N) is 1. The number of para-hydroxylation sites is 1. The summed E-state index contributed by atoms with van der Waals surface area (Å²) < 4.78 is 6.59. The molecule has 1 atom stereocenters. The third-order valence-corrected chi connectivity index (χ3v) is 6.29. The monoisotopic (exact) mass is 480 g/mol. The Morgan fingerprint density at radius 1 is 1.18 bits per heavy atom. The minimum Gasteiger partial charge on any atom is -0.495 e. The summed E-state index contributed by atoms with van der Waals surface area (Å²) in [7, 11) is 1.52. The maximum Gasteiger partial charge on any atom is 0.267 e. The van der Waals surface area contributed by atoms with Gasteiger partial charge in [0.15, 0.2) is 5.16 Å². The number of rotatable bonds is 6. The molecular weight excluding hydrogens is 460 g/mol. The van der Waals surface area contributed by atoms with Crippen molar-refractivity contribution in [2.24, 2.45) is 0 Å². The number of aryl methyl sites for hydroxylation is 1. The zero-order valence-corrected chi connectivity index (χ0v) is 19.8. The molecule has 4 aromatic rings. The van der Waals surface area contributed by atoms with Crippen molar-refractivity contribution in [1.29, 1.82) is 0 Å². The summed E-state index contributed by atoms with van der Waals surface area (Å²) in [5.41, 5.74) is 1.83. The first-order chi connectivity index (χ1) is 15.9. The number of amides is 1. The van der Waals surface area contributed by atoms with Crippen molar-refractivity contribution in [3.05, 3.63) is 81.7 Å². The molecule has 9 heteroatoms. The first-order valence-electron chi connectivity index (χ1n) is 10.1.